The second-order valence-corrected chi connectivity index (χ2v) is 4.46. The Kier molecular flexibility index (Phi) is 1.39. The minimum absolute atomic E-state index is 0.781. The van der Waals surface area contributed by atoms with Crippen molar-refractivity contribution >= 4 is 38.8 Å². The summed E-state index contributed by atoms with van der Waals surface area (Å²) < 4.78 is 2.88. The zero-order valence-corrected chi connectivity index (χ0v) is 8.14. The number of nitrogens with zero attached hydrogens (tertiary/aromatic N) is 2. The molecule has 13 heavy (non-hydrogen) atoms. The third kappa shape index (κ3) is 0.975. The van der Waals surface area contributed by atoms with Crippen LogP contribution < -0.4 is 0 Å². The SMILES string of the molecule is Clc1cc2ncc3cccn3c2s1. The van der Waals surface area contributed by atoms with E-state index >= 15 is 0 Å². The fourth-order valence-electron chi connectivity index (χ4n) is 1.43. The zero-order chi connectivity index (χ0) is 8.84. The molecule has 3 heterocycles. The molecular weight excluding hydrogens is 204 g/mol. The number of halogens is 1. The zero-order valence-electron chi connectivity index (χ0n) is 6.57. The summed E-state index contributed by atoms with van der Waals surface area (Å²) >= 11 is 7.47. The Morgan fingerprint density at radius 3 is 3.31 bits per heavy atom. The molecule has 4 heteroatoms. The lowest BCUT2D eigenvalue weighted by molar-refractivity contribution is 1.25. The molecule has 0 saturated carbocycles. The van der Waals surface area contributed by atoms with Crippen molar-refractivity contribution in [1.82, 2.24) is 9.38 Å². The van der Waals surface area contributed by atoms with E-state index in [1.165, 1.54) is 0 Å². The van der Waals surface area contributed by atoms with Gasteiger partial charge in [0.25, 0.3) is 0 Å². The van der Waals surface area contributed by atoms with Crippen LogP contribution >= 0.6 is 22.9 Å². The van der Waals surface area contributed by atoms with Gasteiger partial charge < -0.3 is 4.40 Å². The molecule has 0 saturated heterocycles. The van der Waals surface area contributed by atoms with E-state index < -0.39 is 0 Å². The highest BCUT2D eigenvalue weighted by atomic mass is 35.5. The molecule has 64 valence electrons. The molecule has 0 spiro atoms. The summed E-state index contributed by atoms with van der Waals surface area (Å²) in [5.41, 5.74) is 2.06. The van der Waals surface area contributed by atoms with Gasteiger partial charge in [0.2, 0.25) is 0 Å². The van der Waals surface area contributed by atoms with Gasteiger partial charge in [0, 0.05) is 6.20 Å². The monoisotopic (exact) mass is 208 g/mol. The average Bonchev–Trinajstić information content (AvgIpc) is 2.65. The van der Waals surface area contributed by atoms with Gasteiger partial charge in [-0.1, -0.05) is 11.6 Å². The van der Waals surface area contributed by atoms with Crippen LogP contribution in [-0.4, -0.2) is 9.38 Å². The van der Waals surface area contributed by atoms with Crippen molar-refractivity contribution in [3.63, 3.8) is 0 Å². The number of hydrogen-bond acceptors (Lipinski definition) is 2. The molecule has 3 aromatic heterocycles. The van der Waals surface area contributed by atoms with E-state index in [9.17, 15) is 0 Å². The molecule has 0 fully saturated rings. The van der Waals surface area contributed by atoms with E-state index in [-0.39, 0.29) is 0 Å². The molecule has 0 bridgehead atoms. The van der Waals surface area contributed by atoms with Gasteiger partial charge >= 0.3 is 0 Å². The van der Waals surface area contributed by atoms with E-state index in [1.807, 2.05) is 30.6 Å². The summed E-state index contributed by atoms with van der Waals surface area (Å²) in [7, 11) is 0. The van der Waals surface area contributed by atoms with Crippen molar-refractivity contribution in [2.45, 2.75) is 0 Å². The van der Waals surface area contributed by atoms with Gasteiger partial charge in [0.1, 0.15) is 4.83 Å². The second kappa shape index (κ2) is 2.47. The Morgan fingerprint density at radius 2 is 2.38 bits per heavy atom. The highest BCUT2D eigenvalue weighted by molar-refractivity contribution is 7.22. The first-order valence-electron chi connectivity index (χ1n) is 3.86. The number of hydrogen-bond donors (Lipinski definition) is 0. The summed E-state index contributed by atoms with van der Waals surface area (Å²) in [6.07, 6.45) is 3.87. The van der Waals surface area contributed by atoms with Crippen LogP contribution in [0.4, 0.5) is 0 Å². The fourth-order valence-corrected chi connectivity index (χ4v) is 2.59. The van der Waals surface area contributed by atoms with Crippen molar-refractivity contribution in [2.75, 3.05) is 0 Å². The summed E-state index contributed by atoms with van der Waals surface area (Å²) in [5, 5.41) is 0. The lowest BCUT2D eigenvalue weighted by Gasteiger charge is -1.94. The number of fused-ring (bicyclic) bond motifs is 3. The standard InChI is InChI=1S/C9H5ClN2S/c10-8-4-7-9(13-8)12-3-1-2-6(12)5-11-7/h1-5H. The van der Waals surface area contributed by atoms with E-state index in [2.05, 4.69) is 9.38 Å². The van der Waals surface area contributed by atoms with Gasteiger partial charge in [-0.15, -0.1) is 11.3 Å². The van der Waals surface area contributed by atoms with Gasteiger partial charge in [0.05, 0.1) is 21.6 Å². The summed E-state index contributed by atoms with van der Waals surface area (Å²) in [6, 6.07) is 5.92. The van der Waals surface area contributed by atoms with Crippen LogP contribution in [0.5, 0.6) is 0 Å². The molecular formula is C9H5ClN2S. The van der Waals surface area contributed by atoms with Crippen LogP contribution in [0.3, 0.4) is 0 Å². The molecule has 0 unspecified atom stereocenters. The second-order valence-electron chi connectivity index (χ2n) is 2.80. The first kappa shape index (κ1) is 7.35. The molecule has 3 rings (SSSR count). The van der Waals surface area contributed by atoms with Crippen molar-refractivity contribution in [3.05, 3.63) is 34.9 Å². The summed E-state index contributed by atoms with van der Waals surface area (Å²) in [5.74, 6) is 0. The first-order chi connectivity index (χ1) is 6.34. The van der Waals surface area contributed by atoms with Crippen molar-refractivity contribution in [2.24, 2.45) is 0 Å². The van der Waals surface area contributed by atoms with Crippen LogP contribution in [0.1, 0.15) is 0 Å². The quantitative estimate of drug-likeness (QED) is 0.555. The molecule has 0 aliphatic rings. The van der Waals surface area contributed by atoms with Crippen LogP contribution in [0.2, 0.25) is 4.34 Å². The minimum atomic E-state index is 0.781. The summed E-state index contributed by atoms with van der Waals surface area (Å²) in [4.78, 5) is 5.41. The molecule has 0 radical (unpaired) electrons. The molecule has 0 aromatic carbocycles. The van der Waals surface area contributed by atoms with E-state index in [4.69, 9.17) is 11.6 Å². The van der Waals surface area contributed by atoms with Gasteiger partial charge in [-0.2, -0.15) is 0 Å². The Balaban J connectivity index is 2.64. The normalized spacial score (nSPS) is 11.5. The summed E-state index contributed by atoms with van der Waals surface area (Å²) in [6.45, 7) is 0. The van der Waals surface area contributed by atoms with Crippen LogP contribution in [0.15, 0.2) is 30.6 Å². The number of thiophene rings is 1. The number of aromatic nitrogens is 2. The molecule has 0 aliphatic heterocycles. The lowest BCUT2D eigenvalue weighted by atomic mass is 10.5. The highest BCUT2D eigenvalue weighted by Crippen LogP contribution is 2.28. The highest BCUT2D eigenvalue weighted by Gasteiger charge is 2.04. The number of rotatable bonds is 0. The Morgan fingerprint density at radius 1 is 1.46 bits per heavy atom. The molecule has 0 atom stereocenters. The van der Waals surface area contributed by atoms with Crippen molar-refractivity contribution in [3.8, 4) is 0 Å². The van der Waals surface area contributed by atoms with Gasteiger partial charge in [-0.05, 0) is 18.2 Å². The van der Waals surface area contributed by atoms with Crippen molar-refractivity contribution < 1.29 is 0 Å². The average molecular weight is 209 g/mol. The topological polar surface area (TPSA) is 17.3 Å². The molecule has 0 amide bonds. The maximum Gasteiger partial charge on any atom is 0.127 e. The third-order valence-electron chi connectivity index (χ3n) is 2.00. The largest absolute Gasteiger partial charge is 0.305 e. The van der Waals surface area contributed by atoms with Crippen LogP contribution in [-0.2, 0) is 0 Å². The molecule has 0 N–H and O–H groups in total. The Labute approximate surface area is 83.4 Å². The Hall–Kier alpha value is -1.06. The van der Waals surface area contributed by atoms with E-state index in [0.29, 0.717) is 0 Å². The smallest absolute Gasteiger partial charge is 0.127 e. The van der Waals surface area contributed by atoms with Gasteiger partial charge in [-0.3, -0.25) is 4.98 Å². The first-order valence-corrected chi connectivity index (χ1v) is 5.05. The predicted molar refractivity (Wildman–Crippen MR) is 55.6 cm³/mol. The Bertz CT molecular complexity index is 581. The molecule has 2 nitrogen and oxygen atoms in total. The van der Waals surface area contributed by atoms with E-state index in [0.717, 1.165) is 20.2 Å². The van der Waals surface area contributed by atoms with Gasteiger partial charge in [0.15, 0.2) is 0 Å². The van der Waals surface area contributed by atoms with Crippen LogP contribution in [0, 0.1) is 0 Å². The van der Waals surface area contributed by atoms with Crippen molar-refractivity contribution in [1.29, 1.82) is 0 Å². The van der Waals surface area contributed by atoms with E-state index in [1.54, 1.807) is 11.3 Å². The van der Waals surface area contributed by atoms with Gasteiger partial charge in [-0.25, -0.2) is 0 Å². The fraction of sp³-hybridized carbons (Fsp3) is 0. The van der Waals surface area contributed by atoms with Crippen LogP contribution in [0.25, 0.3) is 15.9 Å². The molecule has 0 aliphatic carbocycles. The maximum atomic E-state index is 5.92. The minimum Gasteiger partial charge on any atom is -0.305 e. The molecule has 3 aromatic rings. The predicted octanol–water partition coefficient (Wildman–Crippen LogP) is 3.20. The maximum absolute atomic E-state index is 5.92. The lowest BCUT2D eigenvalue weighted by Crippen LogP contribution is -1.83. The third-order valence-corrected chi connectivity index (χ3v) is 3.25.